The second kappa shape index (κ2) is 9.81. The monoisotopic (exact) mass is 346 g/mol. The number of rotatable bonds is 6. The van der Waals surface area contributed by atoms with E-state index in [-0.39, 0.29) is 30.7 Å². The molecule has 0 atom stereocenters. The summed E-state index contributed by atoms with van der Waals surface area (Å²) in [5.74, 6) is -1.25. The fourth-order valence-corrected chi connectivity index (χ4v) is 3.09. The SMILES string of the molecule is O=C(O)CNC(=O)Cc1ccc(NC(=O)C2CCCCCCC2)cc1. The number of carbonyl (C=O) groups excluding carboxylic acids is 2. The first-order chi connectivity index (χ1) is 12.0. The van der Waals surface area contributed by atoms with Crippen LogP contribution in [-0.2, 0) is 20.8 Å². The maximum absolute atomic E-state index is 12.4. The normalized spacial score (nSPS) is 15.7. The van der Waals surface area contributed by atoms with Crippen LogP contribution in [0.4, 0.5) is 5.69 Å². The number of aliphatic carboxylic acids is 1. The van der Waals surface area contributed by atoms with Gasteiger partial charge in [0.1, 0.15) is 6.54 Å². The van der Waals surface area contributed by atoms with Crippen LogP contribution in [0.2, 0.25) is 0 Å². The molecule has 0 saturated heterocycles. The van der Waals surface area contributed by atoms with E-state index in [9.17, 15) is 14.4 Å². The van der Waals surface area contributed by atoms with E-state index in [2.05, 4.69) is 10.6 Å². The highest BCUT2D eigenvalue weighted by Gasteiger charge is 2.19. The Morgan fingerprint density at radius 3 is 2.16 bits per heavy atom. The van der Waals surface area contributed by atoms with E-state index in [1.165, 1.54) is 19.3 Å². The molecule has 0 bridgehead atoms. The van der Waals surface area contributed by atoms with E-state index in [0.29, 0.717) is 0 Å². The standard InChI is InChI=1S/C19H26N2O4/c22-17(20-13-18(23)24)12-14-8-10-16(11-9-14)21-19(25)15-6-4-2-1-3-5-7-15/h8-11,15H,1-7,12-13H2,(H,20,22)(H,21,25)(H,23,24). The number of hydrogen-bond acceptors (Lipinski definition) is 3. The van der Waals surface area contributed by atoms with Crippen molar-refractivity contribution in [1.29, 1.82) is 0 Å². The van der Waals surface area contributed by atoms with Gasteiger partial charge in [-0.15, -0.1) is 0 Å². The third-order valence-electron chi connectivity index (χ3n) is 4.50. The number of hydrogen-bond donors (Lipinski definition) is 3. The fourth-order valence-electron chi connectivity index (χ4n) is 3.09. The van der Waals surface area contributed by atoms with Gasteiger partial charge < -0.3 is 15.7 Å². The van der Waals surface area contributed by atoms with Crippen LogP contribution in [0.15, 0.2) is 24.3 Å². The predicted molar refractivity (Wildman–Crippen MR) is 95.2 cm³/mol. The number of carboxylic acid groups (broad SMARTS) is 1. The molecule has 2 amide bonds. The Bertz CT molecular complexity index is 590. The zero-order chi connectivity index (χ0) is 18.1. The van der Waals surface area contributed by atoms with Crippen molar-refractivity contribution in [3.63, 3.8) is 0 Å². The van der Waals surface area contributed by atoms with E-state index in [0.717, 1.165) is 36.9 Å². The average molecular weight is 346 g/mol. The molecule has 0 aliphatic heterocycles. The molecule has 1 aliphatic rings. The van der Waals surface area contributed by atoms with Crippen molar-refractivity contribution in [2.24, 2.45) is 5.92 Å². The van der Waals surface area contributed by atoms with Crippen LogP contribution in [-0.4, -0.2) is 29.4 Å². The zero-order valence-electron chi connectivity index (χ0n) is 14.4. The van der Waals surface area contributed by atoms with E-state index in [4.69, 9.17) is 5.11 Å². The Hall–Kier alpha value is -2.37. The van der Waals surface area contributed by atoms with Crippen LogP contribution < -0.4 is 10.6 Å². The molecule has 1 fully saturated rings. The summed E-state index contributed by atoms with van der Waals surface area (Å²) in [5.41, 5.74) is 1.49. The molecule has 0 radical (unpaired) electrons. The Balaban J connectivity index is 1.83. The van der Waals surface area contributed by atoms with Gasteiger partial charge in [-0.05, 0) is 30.5 Å². The molecule has 3 N–H and O–H groups in total. The highest BCUT2D eigenvalue weighted by Crippen LogP contribution is 2.23. The molecule has 1 aromatic carbocycles. The summed E-state index contributed by atoms with van der Waals surface area (Å²) in [7, 11) is 0. The second-order valence-corrected chi connectivity index (χ2v) is 6.58. The Morgan fingerprint density at radius 1 is 0.960 bits per heavy atom. The van der Waals surface area contributed by atoms with Crippen molar-refractivity contribution in [2.45, 2.75) is 51.4 Å². The first-order valence-electron chi connectivity index (χ1n) is 8.93. The summed E-state index contributed by atoms with van der Waals surface area (Å²) in [6, 6.07) is 7.10. The topological polar surface area (TPSA) is 95.5 Å². The third kappa shape index (κ3) is 6.95. The van der Waals surface area contributed by atoms with Crippen molar-refractivity contribution in [1.82, 2.24) is 5.32 Å². The summed E-state index contributed by atoms with van der Waals surface area (Å²) in [6.45, 7) is -0.381. The molecule has 0 unspecified atom stereocenters. The molecule has 1 aromatic rings. The van der Waals surface area contributed by atoms with Crippen LogP contribution in [0, 0.1) is 5.92 Å². The largest absolute Gasteiger partial charge is 0.480 e. The van der Waals surface area contributed by atoms with Crippen molar-refractivity contribution in [3.8, 4) is 0 Å². The van der Waals surface area contributed by atoms with Gasteiger partial charge in [0, 0.05) is 11.6 Å². The molecule has 136 valence electrons. The minimum atomic E-state index is -1.07. The van der Waals surface area contributed by atoms with Crippen LogP contribution >= 0.6 is 0 Å². The van der Waals surface area contributed by atoms with Gasteiger partial charge in [0.2, 0.25) is 11.8 Å². The molecule has 1 aliphatic carbocycles. The molecule has 25 heavy (non-hydrogen) atoms. The van der Waals surface area contributed by atoms with Gasteiger partial charge in [-0.2, -0.15) is 0 Å². The van der Waals surface area contributed by atoms with Gasteiger partial charge in [-0.25, -0.2) is 0 Å². The van der Waals surface area contributed by atoms with Crippen molar-refractivity contribution < 1.29 is 19.5 Å². The fraction of sp³-hybridized carbons (Fsp3) is 0.526. The summed E-state index contributed by atoms with van der Waals surface area (Å²) < 4.78 is 0. The van der Waals surface area contributed by atoms with E-state index in [1.54, 1.807) is 24.3 Å². The van der Waals surface area contributed by atoms with Crippen molar-refractivity contribution in [2.75, 3.05) is 11.9 Å². The van der Waals surface area contributed by atoms with Gasteiger partial charge in [0.25, 0.3) is 0 Å². The first kappa shape index (κ1) is 19.0. The lowest BCUT2D eigenvalue weighted by Crippen LogP contribution is -2.30. The Kier molecular flexibility index (Phi) is 7.44. The van der Waals surface area contributed by atoms with E-state index in [1.807, 2.05) is 0 Å². The molecule has 6 nitrogen and oxygen atoms in total. The highest BCUT2D eigenvalue weighted by molar-refractivity contribution is 5.92. The number of anilines is 1. The lowest BCUT2D eigenvalue weighted by atomic mass is 9.90. The van der Waals surface area contributed by atoms with Crippen molar-refractivity contribution >= 4 is 23.5 Å². The number of nitrogens with one attached hydrogen (secondary N) is 2. The van der Waals surface area contributed by atoms with Gasteiger partial charge in [-0.1, -0.05) is 44.2 Å². The summed E-state index contributed by atoms with van der Waals surface area (Å²) in [6.07, 6.45) is 7.94. The Labute approximate surface area is 148 Å². The summed E-state index contributed by atoms with van der Waals surface area (Å²) in [4.78, 5) is 34.4. The van der Waals surface area contributed by atoms with Gasteiger partial charge in [-0.3, -0.25) is 14.4 Å². The van der Waals surface area contributed by atoms with E-state index < -0.39 is 5.97 Å². The van der Waals surface area contributed by atoms with Crippen LogP contribution in [0.1, 0.15) is 50.5 Å². The average Bonchev–Trinajstić information content (AvgIpc) is 2.54. The molecule has 0 heterocycles. The third-order valence-corrected chi connectivity index (χ3v) is 4.50. The van der Waals surface area contributed by atoms with Crippen LogP contribution in [0.25, 0.3) is 0 Å². The van der Waals surface area contributed by atoms with E-state index >= 15 is 0 Å². The summed E-state index contributed by atoms with van der Waals surface area (Å²) >= 11 is 0. The molecular weight excluding hydrogens is 320 g/mol. The maximum atomic E-state index is 12.4. The minimum Gasteiger partial charge on any atom is -0.480 e. The zero-order valence-corrected chi connectivity index (χ0v) is 14.4. The predicted octanol–water partition coefficient (Wildman–Crippen LogP) is 2.73. The number of carbonyl (C=O) groups is 3. The van der Waals surface area contributed by atoms with Gasteiger partial charge in [0.05, 0.1) is 6.42 Å². The quantitative estimate of drug-likeness (QED) is 0.738. The molecule has 2 rings (SSSR count). The second-order valence-electron chi connectivity index (χ2n) is 6.58. The highest BCUT2D eigenvalue weighted by atomic mass is 16.4. The smallest absolute Gasteiger partial charge is 0.322 e. The lowest BCUT2D eigenvalue weighted by Gasteiger charge is -2.19. The van der Waals surface area contributed by atoms with Gasteiger partial charge in [0.15, 0.2) is 0 Å². The minimum absolute atomic E-state index is 0.0776. The van der Waals surface area contributed by atoms with Crippen molar-refractivity contribution in [3.05, 3.63) is 29.8 Å². The number of amides is 2. The number of benzene rings is 1. The summed E-state index contributed by atoms with van der Waals surface area (Å²) in [5, 5.41) is 13.8. The molecule has 1 saturated carbocycles. The van der Waals surface area contributed by atoms with Crippen LogP contribution in [0.3, 0.4) is 0 Å². The van der Waals surface area contributed by atoms with Crippen LogP contribution in [0.5, 0.6) is 0 Å². The van der Waals surface area contributed by atoms with Gasteiger partial charge >= 0.3 is 5.97 Å². The number of carboxylic acids is 1. The lowest BCUT2D eigenvalue weighted by molar-refractivity contribution is -0.137. The maximum Gasteiger partial charge on any atom is 0.322 e. The molecule has 0 spiro atoms. The Morgan fingerprint density at radius 2 is 1.56 bits per heavy atom. The molecular formula is C19H26N2O4. The molecule has 6 heteroatoms. The first-order valence-corrected chi connectivity index (χ1v) is 8.93. The molecule has 0 aromatic heterocycles.